The number of unbranched alkanes of at least 4 members (excludes halogenated alkanes) is 1. The first-order valence-corrected chi connectivity index (χ1v) is 10.8. The SMILES string of the molecule is CCCCC1NCCc2c1oc1cc(S(=O)(=O)c3cccc(F)c3)ccc21. The van der Waals surface area contributed by atoms with Crippen LogP contribution in [0.25, 0.3) is 11.0 Å². The average Bonchev–Trinajstić information content (AvgIpc) is 3.05. The molecule has 0 radical (unpaired) electrons. The highest BCUT2D eigenvalue weighted by molar-refractivity contribution is 7.91. The van der Waals surface area contributed by atoms with Crippen LogP contribution in [0.1, 0.15) is 43.6 Å². The van der Waals surface area contributed by atoms with Gasteiger partial charge in [0.2, 0.25) is 9.84 Å². The Morgan fingerprint density at radius 1 is 1.19 bits per heavy atom. The summed E-state index contributed by atoms with van der Waals surface area (Å²) in [6, 6.07) is 10.2. The molecule has 1 aromatic heterocycles. The van der Waals surface area contributed by atoms with E-state index in [0.29, 0.717) is 5.58 Å². The van der Waals surface area contributed by atoms with Crippen molar-refractivity contribution in [2.24, 2.45) is 0 Å². The van der Waals surface area contributed by atoms with Crippen molar-refractivity contribution in [2.75, 3.05) is 6.54 Å². The van der Waals surface area contributed by atoms with Gasteiger partial charge in [0.25, 0.3) is 0 Å². The minimum absolute atomic E-state index is 0.0549. The Balaban J connectivity index is 1.77. The molecule has 0 bridgehead atoms. The molecule has 1 unspecified atom stereocenters. The van der Waals surface area contributed by atoms with Gasteiger partial charge in [-0.3, -0.25) is 0 Å². The van der Waals surface area contributed by atoms with Crippen molar-refractivity contribution in [3.05, 3.63) is 59.6 Å². The number of fused-ring (bicyclic) bond motifs is 3. The zero-order valence-electron chi connectivity index (χ0n) is 15.2. The molecule has 2 heterocycles. The van der Waals surface area contributed by atoms with E-state index in [9.17, 15) is 12.8 Å². The van der Waals surface area contributed by atoms with Gasteiger partial charge in [-0.15, -0.1) is 0 Å². The summed E-state index contributed by atoms with van der Waals surface area (Å²) in [4.78, 5) is 0.0606. The Bertz CT molecular complexity index is 1090. The van der Waals surface area contributed by atoms with E-state index in [1.165, 1.54) is 23.8 Å². The highest BCUT2D eigenvalue weighted by Gasteiger charge is 2.27. The van der Waals surface area contributed by atoms with Crippen LogP contribution in [-0.2, 0) is 16.3 Å². The number of hydrogen-bond acceptors (Lipinski definition) is 4. The minimum Gasteiger partial charge on any atom is -0.459 e. The number of rotatable bonds is 5. The standard InChI is InChI=1S/C21H22FNO3S/c1-2-3-7-19-21-18(10-11-23-19)17-9-8-16(13-20(17)26-21)27(24,25)15-6-4-5-14(22)12-15/h4-6,8-9,12-13,19,23H,2-3,7,10-11H2,1H3. The molecule has 142 valence electrons. The number of sulfone groups is 1. The summed E-state index contributed by atoms with van der Waals surface area (Å²) in [5.74, 6) is 0.348. The molecule has 1 aliphatic heterocycles. The minimum atomic E-state index is -3.80. The first-order valence-electron chi connectivity index (χ1n) is 9.30. The van der Waals surface area contributed by atoms with Crippen LogP contribution in [-0.4, -0.2) is 15.0 Å². The van der Waals surface area contributed by atoms with Crippen LogP contribution in [0.3, 0.4) is 0 Å². The first-order chi connectivity index (χ1) is 13.0. The predicted molar refractivity (Wildman–Crippen MR) is 102 cm³/mol. The summed E-state index contributed by atoms with van der Waals surface area (Å²) < 4.78 is 45.3. The van der Waals surface area contributed by atoms with Crippen LogP contribution in [0, 0.1) is 5.82 Å². The molecule has 1 N–H and O–H groups in total. The van der Waals surface area contributed by atoms with Crippen LogP contribution in [0.2, 0.25) is 0 Å². The number of halogens is 1. The fraction of sp³-hybridized carbons (Fsp3) is 0.333. The molecule has 4 rings (SSSR count). The average molecular weight is 387 g/mol. The summed E-state index contributed by atoms with van der Waals surface area (Å²) in [5.41, 5.74) is 1.74. The van der Waals surface area contributed by atoms with Crippen LogP contribution < -0.4 is 5.32 Å². The third kappa shape index (κ3) is 3.28. The van der Waals surface area contributed by atoms with E-state index in [0.717, 1.165) is 49.4 Å². The first kappa shape index (κ1) is 18.2. The smallest absolute Gasteiger partial charge is 0.206 e. The van der Waals surface area contributed by atoms with Gasteiger partial charge in [-0.25, -0.2) is 12.8 Å². The maximum atomic E-state index is 13.5. The highest BCUT2D eigenvalue weighted by atomic mass is 32.2. The van der Waals surface area contributed by atoms with E-state index >= 15 is 0 Å². The molecule has 4 nitrogen and oxygen atoms in total. The van der Waals surface area contributed by atoms with Gasteiger partial charge in [-0.2, -0.15) is 0 Å². The van der Waals surface area contributed by atoms with Crippen molar-refractivity contribution >= 4 is 20.8 Å². The number of benzene rings is 2. The lowest BCUT2D eigenvalue weighted by Crippen LogP contribution is -2.28. The third-order valence-electron chi connectivity index (χ3n) is 5.14. The molecular weight excluding hydrogens is 365 g/mol. The topological polar surface area (TPSA) is 59.3 Å². The normalized spacial score (nSPS) is 17.2. The Morgan fingerprint density at radius 3 is 2.78 bits per heavy atom. The number of nitrogens with one attached hydrogen (secondary N) is 1. The molecule has 0 aliphatic carbocycles. The van der Waals surface area contributed by atoms with Crippen molar-refractivity contribution in [1.82, 2.24) is 5.32 Å². The second-order valence-electron chi connectivity index (χ2n) is 6.96. The Labute approximate surface area is 158 Å². The molecule has 0 amide bonds. The zero-order chi connectivity index (χ0) is 19.0. The van der Waals surface area contributed by atoms with Gasteiger partial charge in [-0.05, 0) is 43.2 Å². The molecule has 0 saturated heterocycles. The van der Waals surface area contributed by atoms with E-state index in [-0.39, 0.29) is 15.8 Å². The summed E-state index contributed by atoms with van der Waals surface area (Å²) in [7, 11) is -3.80. The summed E-state index contributed by atoms with van der Waals surface area (Å²) in [6.07, 6.45) is 4.08. The third-order valence-corrected chi connectivity index (χ3v) is 6.89. The van der Waals surface area contributed by atoms with Gasteiger partial charge in [0, 0.05) is 23.6 Å². The van der Waals surface area contributed by atoms with Crippen LogP contribution in [0.15, 0.2) is 56.7 Å². The Morgan fingerprint density at radius 2 is 2.00 bits per heavy atom. The molecule has 1 atom stereocenters. The zero-order valence-corrected chi connectivity index (χ0v) is 16.0. The molecule has 2 aromatic carbocycles. The summed E-state index contributed by atoms with van der Waals surface area (Å²) in [5, 5.41) is 4.46. The lowest BCUT2D eigenvalue weighted by molar-refractivity contribution is 0.380. The van der Waals surface area contributed by atoms with E-state index in [1.807, 2.05) is 6.07 Å². The predicted octanol–water partition coefficient (Wildman–Crippen LogP) is 4.78. The van der Waals surface area contributed by atoms with Gasteiger partial charge >= 0.3 is 0 Å². The summed E-state index contributed by atoms with van der Waals surface area (Å²) in [6.45, 7) is 3.05. The number of furan rings is 1. The monoisotopic (exact) mass is 387 g/mol. The maximum Gasteiger partial charge on any atom is 0.206 e. The van der Waals surface area contributed by atoms with Gasteiger partial charge in [0.05, 0.1) is 15.8 Å². The van der Waals surface area contributed by atoms with Crippen LogP contribution in [0.5, 0.6) is 0 Å². The van der Waals surface area contributed by atoms with Gasteiger partial charge in [0.1, 0.15) is 17.2 Å². The molecular formula is C21H22FNO3S. The van der Waals surface area contributed by atoms with Crippen molar-refractivity contribution in [2.45, 2.75) is 48.4 Å². The molecule has 0 fully saturated rings. The Kier molecular flexibility index (Phi) is 4.78. The van der Waals surface area contributed by atoms with Crippen molar-refractivity contribution < 1.29 is 17.2 Å². The lowest BCUT2D eigenvalue weighted by Gasteiger charge is -2.22. The van der Waals surface area contributed by atoms with E-state index in [4.69, 9.17) is 4.42 Å². The van der Waals surface area contributed by atoms with E-state index in [2.05, 4.69) is 12.2 Å². The molecule has 3 aromatic rings. The molecule has 27 heavy (non-hydrogen) atoms. The van der Waals surface area contributed by atoms with Gasteiger partial charge in [0.15, 0.2) is 0 Å². The van der Waals surface area contributed by atoms with Crippen LogP contribution in [0.4, 0.5) is 4.39 Å². The molecule has 0 saturated carbocycles. The second-order valence-corrected chi connectivity index (χ2v) is 8.91. The van der Waals surface area contributed by atoms with E-state index in [1.54, 1.807) is 12.1 Å². The highest BCUT2D eigenvalue weighted by Crippen LogP contribution is 2.36. The lowest BCUT2D eigenvalue weighted by atomic mass is 9.96. The van der Waals surface area contributed by atoms with Gasteiger partial charge in [-0.1, -0.05) is 25.8 Å². The van der Waals surface area contributed by atoms with Crippen molar-refractivity contribution in [3.63, 3.8) is 0 Å². The molecule has 6 heteroatoms. The van der Waals surface area contributed by atoms with Crippen molar-refractivity contribution in [1.29, 1.82) is 0 Å². The van der Waals surface area contributed by atoms with Crippen LogP contribution >= 0.6 is 0 Å². The summed E-state index contributed by atoms with van der Waals surface area (Å²) >= 11 is 0. The quantitative estimate of drug-likeness (QED) is 0.684. The maximum absolute atomic E-state index is 13.5. The van der Waals surface area contributed by atoms with E-state index < -0.39 is 15.7 Å². The fourth-order valence-corrected chi connectivity index (χ4v) is 5.04. The van der Waals surface area contributed by atoms with Gasteiger partial charge < -0.3 is 9.73 Å². The molecule has 1 aliphatic rings. The molecule has 0 spiro atoms. The fourth-order valence-electron chi connectivity index (χ4n) is 3.73. The van der Waals surface area contributed by atoms with Crippen molar-refractivity contribution in [3.8, 4) is 0 Å². The number of hydrogen-bond donors (Lipinski definition) is 1. The largest absolute Gasteiger partial charge is 0.459 e. The Hall–Kier alpha value is -2.18. The second kappa shape index (κ2) is 7.09.